The maximum absolute atomic E-state index is 6.32. The van der Waals surface area contributed by atoms with Crippen LogP contribution in [0.25, 0.3) is 0 Å². The van der Waals surface area contributed by atoms with E-state index in [-0.39, 0.29) is 11.6 Å². The summed E-state index contributed by atoms with van der Waals surface area (Å²) in [6.07, 6.45) is 4.44. The summed E-state index contributed by atoms with van der Waals surface area (Å²) in [5.41, 5.74) is 1.99. The molecule has 0 bridgehead atoms. The maximum Gasteiger partial charge on any atom is 0.211 e. The number of hydrogen-bond donors (Lipinski definition) is 1. The number of ether oxygens (including phenoxy) is 1. The van der Waals surface area contributed by atoms with Crippen LogP contribution in [0.4, 0.5) is 0 Å². The molecule has 4 nitrogen and oxygen atoms in total. The number of hydrogen-bond acceptors (Lipinski definition) is 5. The summed E-state index contributed by atoms with van der Waals surface area (Å²) in [4.78, 5) is 5.80. The summed E-state index contributed by atoms with van der Waals surface area (Å²) < 4.78 is 12.8. The number of nitrogens with one attached hydrogen (secondary N) is 1. The molecule has 0 aliphatic carbocycles. The van der Waals surface area contributed by atoms with Gasteiger partial charge in [-0.15, -0.1) is 11.3 Å². The van der Waals surface area contributed by atoms with Gasteiger partial charge in [-0.3, -0.25) is 0 Å². The van der Waals surface area contributed by atoms with E-state index in [1.807, 2.05) is 6.92 Å². The molecule has 6 heteroatoms. The zero-order valence-corrected chi connectivity index (χ0v) is 14.3. The number of piperidine rings is 1. The van der Waals surface area contributed by atoms with Crippen LogP contribution in [0, 0.1) is 6.92 Å². The Hall–Kier alpha value is -0.880. The first-order chi connectivity index (χ1) is 10.6. The fourth-order valence-electron chi connectivity index (χ4n) is 3.75. The van der Waals surface area contributed by atoms with Gasteiger partial charge in [-0.2, -0.15) is 0 Å². The number of nitrogens with zero attached hydrogens (tertiary/aromatic N) is 1. The van der Waals surface area contributed by atoms with Crippen LogP contribution in [0.2, 0.25) is 4.34 Å². The lowest BCUT2D eigenvalue weighted by Gasteiger charge is -2.45. The molecule has 4 rings (SSSR count). The second-order valence-corrected chi connectivity index (χ2v) is 8.04. The summed E-state index contributed by atoms with van der Waals surface area (Å²) in [5.74, 6) is 0.752. The molecule has 4 heterocycles. The first-order valence-electron chi connectivity index (χ1n) is 7.66. The molecular weight excluding hydrogens is 320 g/mol. The molecule has 0 unspecified atom stereocenters. The zero-order chi connectivity index (χ0) is 15.3. The minimum Gasteiger partial charge on any atom is -0.447 e. The first kappa shape index (κ1) is 14.7. The van der Waals surface area contributed by atoms with Crippen molar-refractivity contribution in [3.05, 3.63) is 38.7 Å². The summed E-state index contributed by atoms with van der Waals surface area (Å²) >= 11 is 7.92. The molecule has 1 fully saturated rings. The number of thiophene rings is 1. The number of fused-ring (bicyclic) bond motifs is 2. The Morgan fingerprint density at radius 1 is 1.45 bits per heavy atom. The Labute approximate surface area is 138 Å². The van der Waals surface area contributed by atoms with Gasteiger partial charge in [-0.1, -0.05) is 11.6 Å². The van der Waals surface area contributed by atoms with E-state index >= 15 is 0 Å². The van der Waals surface area contributed by atoms with E-state index in [1.165, 1.54) is 10.4 Å². The van der Waals surface area contributed by atoms with Crippen LogP contribution in [-0.2, 0) is 16.8 Å². The molecule has 2 aliphatic rings. The van der Waals surface area contributed by atoms with E-state index in [1.54, 1.807) is 17.6 Å². The quantitative estimate of drug-likeness (QED) is 0.854. The third-order valence-corrected chi connectivity index (χ3v) is 6.02. The van der Waals surface area contributed by atoms with E-state index in [4.69, 9.17) is 20.8 Å². The summed E-state index contributed by atoms with van der Waals surface area (Å²) in [5, 5.41) is 3.59. The second kappa shape index (κ2) is 5.34. The molecule has 118 valence electrons. The Kier molecular flexibility index (Phi) is 3.57. The van der Waals surface area contributed by atoms with Crippen LogP contribution in [0.15, 0.2) is 16.7 Å². The van der Waals surface area contributed by atoms with Gasteiger partial charge in [0.15, 0.2) is 0 Å². The minimum absolute atomic E-state index is 0.0734. The highest BCUT2D eigenvalue weighted by atomic mass is 35.5. The predicted molar refractivity (Wildman–Crippen MR) is 86.5 cm³/mol. The SMILES string of the molecule is Cc1coc([C@@H]2C[C@]3(C[C@H](C)N2)OCCc2cc(Cl)sc23)n1. The van der Waals surface area contributed by atoms with Gasteiger partial charge in [-0.05, 0) is 38.3 Å². The molecule has 1 spiro atoms. The molecule has 22 heavy (non-hydrogen) atoms. The molecular formula is C16H19ClN2O2S. The molecule has 1 saturated heterocycles. The van der Waals surface area contributed by atoms with Crippen LogP contribution in [0.1, 0.15) is 47.8 Å². The van der Waals surface area contributed by atoms with Gasteiger partial charge in [-0.25, -0.2) is 4.98 Å². The lowest BCUT2D eigenvalue weighted by Crippen LogP contribution is -2.49. The topological polar surface area (TPSA) is 47.3 Å². The van der Waals surface area contributed by atoms with E-state index in [2.05, 4.69) is 23.3 Å². The van der Waals surface area contributed by atoms with Gasteiger partial charge in [0.25, 0.3) is 0 Å². The van der Waals surface area contributed by atoms with Crippen molar-refractivity contribution in [2.45, 2.75) is 50.8 Å². The number of aromatic nitrogens is 1. The minimum atomic E-state index is -0.261. The highest BCUT2D eigenvalue weighted by Crippen LogP contribution is 2.49. The Bertz CT molecular complexity index is 698. The molecule has 2 aromatic rings. The van der Waals surface area contributed by atoms with Crippen molar-refractivity contribution < 1.29 is 9.15 Å². The van der Waals surface area contributed by atoms with Gasteiger partial charge >= 0.3 is 0 Å². The van der Waals surface area contributed by atoms with Crippen molar-refractivity contribution >= 4 is 22.9 Å². The molecule has 0 amide bonds. The van der Waals surface area contributed by atoms with Crippen LogP contribution in [0.3, 0.4) is 0 Å². The molecule has 0 radical (unpaired) electrons. The van der Waals surface area contributed by atoms with Gasteiger partial charge in [0.2, 0.25) is 5.89 Å². The smallest absolute Gasteiger partial charge is 0.211 e. The molecule has 2 aliphatic heterocycles. The van der Waals surface area contributed by atoms with Crippen molar-refractivity contribution in [3.63, 3.8) is 0 Å². The Balaban J connectivity index is 1.72. The lowest BCUT2D eigenvalue weighted by molar-refractivity contribution is -0.0974. The van der Waals surface area contributed by atoms with Gasteiger partial charge in [0, 0.05) is 17.3 Å². The van der Waals surface area contributed by atoms with Crippen LogP contribution >= 0.6 is 22.9 Å². The summed E-state index contributed by atoms with van der Waals surface area (Å²) in [6.45, 7) is 4.89. The van der Waals surface area contributed by atoms with E-state index in [0.29, 0.717) is 6.04 Å². The molecule has 2 aromatic heterocycles. The van der Waals surface area contributed by atoms with Crippen molar-refractivity contribution in [1.82, 2.24) is 10.3 Å². The van der Waals surface area contributed by atoms with Crippen LogP contribution in [0.5, 0.6) is 0 Å². The highest BCUT2D eigenvalue weighted by molar-refractivity contribution is 7.16. The number of oxazole rings is 1. The Morgan fingerprint density at radius 2 is 2.32 bits per heavy atom. The van der Waals surface area contributed by atoms with Crippen LogP contribution in [-0.4, -0.2) is 17.6 Å². The fourth-order valence-corrected chi connectivity index (χ4v) is 5.21. The number of aryl methyl sites for hydroxylation is 1. The maximum atomic E-state index is 6.32. The lowest BCUT2D eigenvalue weighted by atomic mass is 9.80. The molecule has 0 aromatic carbocycles. The standard InChI is InChI=1S/C16H19ClN2O2S/c1-9-6-16(7-12(18-9)15-19-10(2)8-20-15)14-11(3-4-21-16)5-13(17)22-14/h5,8-9,12,18H,3-4,6-7H2,1-2H3/t9-,12-,16-/m0/s1. The third kappa shape index (κ3) is 2.40. The normalized spacial score (nSPS) is 31.4. The summed E-state index contributed by atoms with van der Waals surface area (Å²) in [7, 11) is 0. The van der Waals surface area contributed by atoms with Gasteiger partial charge in [0.1, 0.15) is 11.9 Å². The van der Waals surface area contributed by atoms with Gasteiger partial charge in [0.05, 0.1) is 22.7 Å². The molecule has 1 N–H and O–H groups in total. The summed E-state index contributed by atoms with van der Waals surface area (Å²) in [6, 6.07) is 2.50. The Morgan fingerprint density at radius 3 is 3.09 bits per heavy atom. The van der Waals surface area contributed by atoms with Crippen molar-refractivity contribution in [2.75, 3.05) is 6.61 Å². The zero-order valence-electron chi connectivity index (χ0n) is 12.7. The van der Waals surface area contributed by atoms with E-state index in [9.17, 15) is 0 Å². The monoisotopic (exact) mass is 338 g/mol. The van der Waals surface area contributed by atoms with Crippen molar-refractivity contribution in [3.8, 4) is 0 Å². The predicted octanol–water partition coefficient (Wildman–Crippen LogP) is 3.98. The first-order valence-corrected chi connectivity index (χ1v) is 8.86. The van der Waals surface area contributed by atoms with E-state index in [0.717, 1.165) is 41.8 Å². The molecule has 3 atom stereocenters. The largest absolute Gasteiger partial charge is 0.447 e. The number of halogens is 1. The fraction of sp³-hybridized carbons (Fsp3) is 0.562. The van der Waals surface area contributed by atoms with Crippen molar-refractivity contribution in [2.24, 2.45) is 0 Å². The molecule has 0 saturated carbocycles. The second-order valence-electron chi connectivity index (χ2n) is 6.35. The van der Waals surface area contributed by atoms with Crippen LogP contribution < -0.4 is 5.32 Å². The van der Waals surface area contributed by atoms with Crippen molar-refractivity contribution in [1.29, 1.82) is 0 Å². The number of rotatable bonds is 1. The average Bonchev–Trinajstić information content (AvgIpc) is 3.04. The van der Waals surface area contributed by atoms with E-state index < -0.39 is 0 Å². The average molecular weight is 339 g/mol. The third-order valence-electron chi connectivity index (χ3n) is 4.53. The highest BCUT2D eigenvalue weighted by Gasteiger charge is 2.47. The van der Waals surface area contributed by atoms with Gasteiger partial charge < -0.3 is 14.5 Å².